The number of nitrogens with one attached hydrogen (secondary N) is 1. The Bertz CT molecular complexity index is 1100. The van der Waals surface area contributed by atoms with Gasteiger partial charge in [-0.05, 0) is 37.6 Å². The Morgan fingerprint density at radius 1 is 1.00 bits per heavy atom. The van der Waals surface area contributed by atoms with Gasteiger partial charge in [0, 0.05) is 16.9 Å². The Morgan fingerprint density at radius 3 is 2.30 bits per heavy atom. The Hall–Kier alpha value is -3.07. The van der Waals surface area contributed by atoms with Crippen molar-refractivity contribution in [2.45, 2.75) is 36.6 Å². The maximum atomic E-state index is 13.5. The van der Waals surface area contributed by atoms with Gasteiger partial charge in [-0.15, -0.1) is 11.8 Å². The molecule has 2 amide bonds. The van der Waals surface area contributed by atoms with E-state index in [1.807, 2.05) is 32.0 Å². The fourth-order valence-corrected chi connectivity index (χ4v) is 6.11. The highest BCUT2D eigenvalue weighted by Gasteiger charge is 2.58. The molecule has 33 heavy (non-hydrogen) atoms. The van der Waals surface area contributed by atoms with Crippen LogP contribution in [-0.4, -0.2) is 55.9 Å². The molecule has 2 atom stereocenters. The number of carbonyl (C=O) groups is 2. The van der Waals surface area contributed by atoms with Crippen molar-refractivity contribution >= 4 is 23.6 Å². The van der Waals surface area contributed by atoms with E-state index in [4.69, 9.17) is 18.9 Å². The SMILES string of the molecule is COc1ccc(CNC(=O)[C@H]2N3C(=O)c4c(ccc(OC)c4OC)[C@H]3SC2(C)C)cc1OC. The smallest absolute Gasteiger partial charge is 0.260 e. The molecule has 176 valence electrons. The third kappa shape index (κ3) is 3.74. The molecule has 2 aromatic carbocycles. The van der Waals surface area contributed by atoms with E-state index in [1.165, 1.54) is 14.2 Å². The molecule has 0 unspecified atom stereocenters. The summed E-state index contributed by atoms with van der Waals surface area (Å²) in [6.07, 6.45) is 0. The van der Waals surface area contributed by atoms with Gasteiger partial charge in [0.15, 0.2) is 23.0 Å². The molecule has 2 heterocycles. The van der Waals surface area contributed by atoms with Gasteiger partial charge < -0.3 is 29.2 Å². The van der Waals surface area contributed by atoms with Crippen molar-refractivity contribution in [3.05, 3.63) is 47.0 Å². The molecule has 1 N–H and O–H groups in total. The zero-order valence-corrected chi connectivity index (χ0v) is 20.4. The molecule has 2 aliphatic heterocycles. The number of ether oxygens (including phenoxy) is 4. The minimum absolute atomic E-state index is 0.211. The van der Waals surface area contributed by atoms with E-state index in [-0.39, 0.29) is 17.2 Å². The Morgan fingerprint density at radius 2 is 1.67 bits per heavy atom. The topological polar surface area (TPSA) is 86.3 Å². The summed E-state index contributed by atoms with van der Waals surface area (Å²) in [4.78, 5) is 28.6. The van der Waals surface area contributed by atoms with Gasteiger partial charge in [0.1, 0.15) is 11.4 Å². The van der Waals surface area contributed by atoms with Crippen molar-refractivity contribution in [1.29, 1.82) is 0 Å². The molecule has 0 radical (unpaired) electrons. The fraction of sp³-hybridized carbons (Fsp3) is 0.417. The molecule has 0 aliphatic carbocycles. The molecule has 1 saturated heterocycles. The van der Waals surface area contributed by atoms with Crippen LogP contribution in [0.1, 0.15) is 40.7 Å². The number of amides is 2. The zero-order valence-electron chi connectivity index (χ0n) is 19.6. The quantitative estimate of drug-likeness (QED) is 0.661. The number of carbonyl (C=O) groups excluding carboxylic acids is 2. The molecule has 0 bridgehead atoms. The van der Waals surface area contributed by atoms with Crippen molar-refractivity contribution in [3.8, 4) is 23.0 Å². The highest BCUT2D eigenvalue weighted by atomic mass is 32.2. The van der Waals surface area contributed by atoms with Crippen molar-refractivity contribution in [2.75, 3.05) is 28.4 Å². The second-order valence-electron chi connectivity index (χ2n) is 8.36. The second kappa shape index (κ2) is 8.70. The fourth-order valence-electron chi connectivity index (χ4n) is 4.53. The predicted molar refractivity (Wildman–Crippen MR) is 125 cm³/mol. The maximum absolute atomic E-state index is 13.5. The molecule has 4 rings (SSSR count). The van der Waals surface area contributed by atoms with Gasteiger partial charge in [0.25, 0.3) is 5.91 Å². The summed E-state index contributed by atoms with van der Waals surface area (Å²) in [5.41, 5.74) is 2.16. The zero-order chi connectivity index (χ0) is 23.9. The van der Waals surface area contributed by atoms with Gasteiger partial charge in [-0.1, -0.05) is 12.1 Å². The van der Waals surface area contributed by atoms with Gasteiger partial charge in [-0.25, -0.2) is 0 Å². The lowest BCUT2D eigenvalue weighted by molar-refractivity contribution is -0.126. The number of fused-ring (bicyclic) bond motifs is 3. The summed E-state index contributed by atoms with van der Waals surface area (Å²) >= 11 is 1.60. The minimum atomic E-state index is -0.650. The number of hydrogen-bond donors (Lipinski definition) is 1. The lowest BCUT2D eigenvalue weighted by atomic mass is 10.0. The van der Waals surface area contributed by atoms with Crippen LogP contribution in [0.25, 0.3) is 0 Å². The van der Waals surface area contributed by atoms with Crippen LogP contribution in [0, 0.1) is 0 Å². The van der Waals surface area contributed by atoms with E-state index in [1.54, 1.807) is 43.0 Å². The van der Waals surface area contributed by atoms with Crippen LogP contribution >= 0.6 is 11.8 Å². The van der Waals surface area contributed by atoms with Crippen molar-refractivity contribution in [1.82, 2.24) is 10.2 Å². The number of nitrogens with zero attached hydrogens (tertiary/aromatic N) is 1. The molecule has 2 aliphatic rings. The highest BCUT2D eigenvalue weighted by molar-refractivity contribution is 8.01. The molecule has 0 spiro atoms. The highest BCUT2D eigenvalue weighted by Crippen LogP contribution is 2.58. The average Bonchev–Trinajstić information content (AvgIpc) is 3.25. The van der Waals surface area contributed by atoms with Crippen molar-refractivity contribution in [2.24, 2.45) is 0 Å². The summed E-state index contributed by atoms with van der Waals surface area (Å²) < 4.78 is 21.0. The van der Waals surface area contributed by atoms with E-state index in [0.717, 1.165) is 11.1 Å². The largest absolute Gasteiger partial charge is 0.493 e. The molecular formula is C24H28N2O6S. The summed E-state index contributed by atoms with van der Waals surface area (Å²) in [5, 5.41) is 2.73. The Balaban J connectivity index is 1.59. The standard InChI is InChI=1S/C24H28N2O6S/c1-24(2)20(21(27)25-12-13-7-9-15(29-3)17(11-13)31-5)26-22(28)18-14(23(26)33-24)8-10-16(30-4)19(18)32-6/h7-11,20,23H,12H2,1-6H3,(H,25,27)/t20-,23-/m1/s1. The summed E-state index contributed by atoms with van der Waals surface area (Å²) in [7, 11) is 6.19. The number of hydrogen-bond acceptors (Lipinski definition) is 7. The number of methoxy groups -OCH3 is 4. The lowest BCUT2D eigenvalue weighted by Crippen LogP contribution is -2.52. The van der Waals surface area contributed by atoms with Crippen LogP contribution in [0.3, 0.4) is 0 Å². The summed E-state index contributed by atoms with van der Waals surface area (Å²) in [6, 6.07) is 8.52. The predicted octanol–water partition coefficient (Wildman–Crippen LogP) is 3.39. The maximum Gasteiger partial charge on any atom is 0.260 e. The van der Waals surface area contributed by atoms with Gasteiger partial charge in [-0.2, -0.15) is 0 Å². The number of thioether (sulfide) groups is 1. The molecule has 0 aromatic heterocycles. The molecular weight excluding hydrogens is 444 g/mol. The normalized spacial score (nSPS) is 20.2. The molecule has 1 fully saturated rings. The number of rotatable bonds is 7. The number of benzene rings is 2. The first-order valence-electron chi connectivity index (χ1n) is 10.5. The molecule has 8 nitrogen and oxygen atoms in total. The van der Waals surface area contributed by atoms with Crippen molar-refractivity contribution in [3.63, 3.8) is 0 Å². The minimum Gasteiger partial charge on any atom is -0.493 e. The third-order valence-electron chi connectivity index (χ3n) is 6.06. The van der Waals surface area contributed by atoms with E-state index in [0.29, 0.717) is 35.1 Å². The lowest BCUT2D eigenvalue weighted by Gasteiger charge is -2.29. The first-order valence-corrected chi connectivity index (χ1v) is 11.4. The van der Waals surface area contributed by atoms with Crippen LogP contribution in [0.15, 0.2) is 30.3 Å². The first kappa shape index (κ1) is 23.1. The first-order chi connectivity index (χ1) is 15.8. The average molecular weight is 473 g/mol. The van der Waals surface area contributed by atoms with Crippen LogP contribution in [0.2, 0.25) is 0 Å². The van der Waals surface area contributed by atoms with Crippen molar-refractivity contribution < 1.29 is 28.5 Å². The molecule has 0 saturated carbocycles. The van der Waals surface area contributed by atoms with Crippen LogP contribution in [0.4, 0.5) is 0 Å². The third-order valence-corrected chi connectivity index (χ3v) is 7.60. The van der Waals surface area contributed by atoms with E-state index in [9.17, 15) is 9.59 Å². The van der Waals surface area contributed by atoms with E-state index < -0.39 is 10.8 Å². The van der Waals surface area contributed by atoms with E-state index >= 15 is 0 Å². The van der Waals surface area contributed by atoms with E-state index in [2.05, 4.69) is 5.32 Å². The molecule has 9 heteroatoms. The molecule has 2 aromatic rings. The van der Waals surface area contributed by atoms with Gasteiger partial charge in [-0.3, -0.25) is 9.59 Å². The second-order valence-corrected chi connectivity index (χ2v) is 10.1. The monoisotopic (exact) mass is 472 g/mol. The summed E-state index contributed by atoms with van der Waals surface area (Å²) in [5.74, 6) is 1.66. The summed E-state index contributed by atoms with van der Waals surface area (Å²) in [6.45, 7) is 4.28. The Kier molecular flexibility index (Phi) is 6.09. The van der Waals surface area contributed by atoms with Crippen LogP contribution in [-0.2, 0) is 11.3 Å². The van der Waals surface area contributed by atoms with Gasteiger partial charge in [0.2, 0.25) is 5.91 Å². The van der Waals surface area contributed by atoms with Crippen LogP contribution in [0.5, 0.6) is 23.0 Å². The van der Waals surface area contributed by atoms with Gasteiger partial charge >= 0.3 is 0 Å². The van der Waals surface area contributed by atoms with Gasteiger partial charge in [0.05, 0.1) is 34.0 Å². The van der Waals surface area contributed by atoms with Crippen LogP contribution < -0.4 is 24.3 Å². The Labute approximate surface area is 197 Å².